The van der Waals surface area contributed by atoms with E-state index in [0.29, 0.717) is 18.0 Å². The van der Waals surface area contributed by atoms with E-state index in [1.54, 1.807) is 18.3 Å². The van der Waals surface area contributed by atoms with Gasteiger partial charge in [-0.3, -0.25) is 4.68 Å². The fourth-order valence-corrected chi connectivity index (χ4v) is 3.02. The molecule has 0 spiro atoms. The zero-order valence-electron chi connectivity index (χ0n) is 10.7. The van der Waals surface area contributed by atoms with Crippen molar-refractivity contribution < 1.29 is 8.42 Å². The van der Waals surface area contributed by atoms with E-state index in [1.807, 2.05) is 0 Å². The Morgan fingerprint density at radius 1 is 1.25 bits per heavy atom. The number of rotatable bonds is 6. The third-order valence-corrected chi connectivity index (χ3v) is 4.71. The van der Waals surface area contributed by atoms with Crippen LogP contribution in [0.1, 0.15) is 5.69 Å². The van der Waals surface area contributed by atoms with Gasteiger partial charge in [-0.2, -0.15) is 0 Å². The van der Waals surface area contributed by atoms with E-state index in [2.05, 4.69) is 10.3 Å². The normalized spacial score (nSPS) is 11.7. The first kappa shape index (κ1) is 15.0. The van der Waals surface area contributed by atoms with Gasteiger partial charge in [0.1, 0.15) is 0 Å². The molecule has 1 aromatic carbocycles. The third-order valence-electron chi connectivity index (χ3n) is 2.75. The van der Waals surface area contributed by atoms with Gasteiger partial charge in [0.15, 0.2) is 9.84 Å². The van der Waals surface area contributed by atoms with Gasteiger partial charge in [0.25, 0.3) is 0 Å². The predicted molar refractivity (Wildman–Crippen MR) is 76.3 cm³/mol. The van der Waals surface area contributed by atoms with E-state index in [-0.39, 0.29) is 17.2 Å². The number of sulfone groups is 1. The molecule has 0 unspecified atom stereocenters. The minimum atomic E-state index is -3.35. The summed E-state index contributed by atoms with van der Waals surface area (Å²) in [6, 6.07) is 6.12. The molecule has 0 saturated carbocycles. The number of hydrogen-bond acceptors (Lipinski definition) is 5. The minimum Gasteiger partial charge on any atom is -0.330 e. The van der Waals surface area contributed by atoms with Crippen LogP contribution < -0.4 is 5.73 Å². The highest BCUT2D eigenvalue weighted by Crippen LogP contribution is 2.15. The molecule has 6 nitrogen and oxygen atoms in total. The topological polar surface area (TPSA) is 90.9 Å². The fraction of sp³-hybridized carbons (Fsp3) is 0.333. The summed E-state index contributed by atoms with van der Waals surface area (Å²) >= 11 is 5.74. The second-order valence-electron chi connectivity index (χ2n) is 4.28. The number of nitrogens with two attached hydrogens (primary N) is 1. The summed E-state index contributed by atoms with van der Waals surface area (Å²) in [7, 11) is -3.35. The first-order valence-corrected chi connectivity index (χ1v) is 8.12. The van der Waals surface area contributed by atoms with Gasteiger partial charge in [0.2, 0.25) is 0 Å². The zero-order valence-corrected chi connectivity index (χ0v) is 12.3. The third kappa shape index (κ3) is 3.78. The average molecular weight is 315 g/mol. The lowest BCUT2D eigenvalue weighted by atomic mass is 10.3. The van der Waals surface area contributed by atoms with Crippen molar-refractivity contribution in [2.75, 3.05) is 12.3 Å². The van der Waals surface area contributed by atoms with Crippen molar-refractivity contribution in [2.24, 2.45) is 5.73 Å². The number of nitrogens with zero attached hydrogens (tertiary/aromatic N) is 3. The second-order valence-corrected chi connectivity index (χ2v) is 6.83. The van der Waals surface area contributed by atoms with E-state index in [9.17, 15) is 8.42 Å². The minimum absolute atomic E-state index is 0.0416. The van der Waals surface area contributed by atoms with E-state index in [0.717, 1.165) is 5.69 Å². The molecule has 1 aromatic heterocycles. The van der Waals surface area contributed by atoms with E-state index in [4.69, 9.17) is 17.3 Å². The van der Waals surface area contributed by atoms with Crippen molar-refractivity contribution in [1.29, 1.82) is 0 Å². The molecular weight excluding hydrogens is 300 g/mol. The van der Waals surface area contributed by atoms with Crippen molar-refractivity contribution in [2.45, 2.75) is 17.9 Å². The Hall–Kier alpha value is -1.44. The molecule has 0 aliphatic rings. The Bertz CT molecular complexity index is 667. The molecule has 2 rings (SSSR count). The van der Waals surface area contributed by atoms with E-state index in [1.165, 1.54) is 16.8 Å². The molecule has 0 saturated heterocycles. The van der Waals surface area contributed by atoms with Crippen LogP contribution in [0.25, 0.3) is 0 Å². The Morgan fingerprint density at radius 3 is 2.60 bits per heavy atom. The summed E-state index contributed by atoms with van der Waals surface area (Å²) in [6.45, 7) is 0.740. The van der Waals surface area contributed by atoms with Crippen molar-refractivity contribution in [1.82, 2.24) is 15.0 Å². The SMILES string of the molecule is NCCc1cn(CCS(=O)(=O)c2ccc(Cl)cc2)nn1. The number of aromatic nitrogens is 3. The molecule has 2 N–H and O–H groups in total. The molecule has 8 heteroatoms. The van der Waals surface area contributed by atoms with Gasteiger partial charge in [0.05, 0.1) is 22.9 Å². The number of benzene rings is 1. The first-order chi connectivity index (χ1) is 9.51. The molecule has 20 heavy (non-hydrogen) atoms. The molecule has 0 atom stereocenters. The van der Waals surface area contributed by atoms with Crippen LogP contribution in [0.3, 0.4) is 0 Å². The average Bonchev–Trinajstić information content (AvgIpc) is 2.85. The first-order valence-electron chi connectivity index (χ1n) is 6.08. The molecule has 108 valence electrons. The molecular formula is C12H15ClN4O2S. The molecule has 0 fully saturated rings. The molecule has 2 aromatic rings. The molecule has 0 bridgehead atoms. The van der Waals surface area contributed by atoms with Crippen LogP contribution in [-0.2, 0) is 22.8 Å². The van der Waals surface area contributed by atoms with E-state index < -0.39 is 9.84 Å². The smallest absolute Gasteiger partial charge is 0.180 e. The summed E-state index contributed by atoms with van der Waals surface area (Å²) in [5.41, 5.74) is 6.18. The largest absolute Gasteiger partial charge is 0.330 e. The molecule has 1 heterocycles. The van der Waals surface area contributed by atoms with Gasteiger partial charge < -0.3 is 5.73 Å². The number of hydrogen-bond donors (Lipinski definition) is 1. The van der Waals surface area contributed by atoms with Gasteiger partial charge in [0, 0.05) is 17.6 Å². The summed E-state index contributed by atoms with van der Waals surface area (Å²) in [5.74, 6) is -0.0416. The lowest BCUT2D eigenvalue weighted by Gasteiger charge is -2.04. The van der Waals surface area contributed by atoms with Crippen LogP contribution in [0.5, 0.6) is 0 Å². The van der Waals surface area contributed by atoms with Crippen LogP contribution in [0, 0.1) is 0 Å². The van der Waals surface area contributed by atoms with Gasteiger partial charge in [-0.25, -0.2) is 8.42 Å². The van der Waals surface area contributed by atoms with E-state index >= 15 is 0 Å². The van der Waals surface area contributed by atoms with Gasteiger partial charge in [-0.15, -0.1) is 5.10 Å². The Balaban J connectivity index is 2.03. The maximum atomic E-state index is 12.1. The standard InChI is InChI=1S/C12H15ClN4O2S/c13-10-1-3-12(4-2-10)20(18,19)8-7-17-9-11(5-6-14)15-16-17/h1-4,9H,5-8,14H2. The second kappa shape index (κ2) is 6.34. The quantitative estimate of drug-likeness (QED) is 0.855. The highest BCUT2D eigenvalue weighted by molar-refractivity contribution is 7.91. The van der Waals surface area contributed by atoms with Crippen molar-refractivity contribution in [3.8, 4) is 0 Å². The highest BCUT2D eigenvalue weighted by Gasteiger charge is 2.14. The molecule has 0 amide bonds. The lowest BCUT2D eigenvalue weighted by Crippen LogP contribution is -2.13. The van der Waals surface area contributed by atoms with Crippen molar-refractivity contribution in [3.63, 3.8) is 0 Å². The van der Waals surface area contributed by atoms with Crippen LogP contribution in [-0.4, -0.2) is 35.7 Å². The maximum Gasteiger partial charge on any atom is 0.180 e. The highest BCUT2D eigenvalue weighted by atomic mass is 35.5. The monoisotopic (exact) mass is 314 g/mol. The number of aryl methyl sites for hydroxylation is 1. The Labute approximate surface area is 122 Å². The Morgan fingerprint density at radius 2 is 1.95 bits per heavy atom. The summed E-state index contributed by atoms with van der Waals surface area (Å²) < 4.78 is 25.8. The van der Waals surface area contributed by atoms with Crippen molar-refractivity contribution >= 4 is 21.4 Å². The number of halogens is 1. The summed E-state index contributed by atoms with van der Waals surface area (Å²) in [5, 5.41) is 8.29. The predicted octanol–water partition coefficient (Wildman–Crippen LogP) is 0.907. The zero-order chi connectivity index (χ0) is 14.6. The van der Waals surface area contributed by atoms with Crippen molar-refractivity contribution in [3.05, 3.63) is 41.2 Å². The summed E-state index contributed by atoms with van der Waals surface area (Å²) in [4.78, 5) is 0.254. The summed E-state index contributed by atoms with van der Waals surface area (Å²) in [6.07, 6.45) is 2.34. The molecule has 0 radical (unpaired) electrons. The van der Waals surface area contributed by atoms with Crippen LogP contribution >= 0.6 is 11.6 Å². The van der Waals surface area contributed by atoms with Gasteiger partial charge in [-0.1, -0.05) is 16.8 Å². The lowest BCUT2D eigenvalue weighted by molar-refractivity contribution is 0.575. The molecule has 0 aliphatic carbocycles. The Kier molecular flexibility index (Phi) is 4.74. The van der Waals surface area contributed by atoms with Crippen LogP contribution in [0.2, 0.25) is 5.02 Å². The van der Waals surface area contributed by atoms with Crippen LogP contribution in [0.4, 0.5) is 0 Å². The fourth-order valence-electron chi connectivity index (χ4n) is 1.68. The van der Waals surface area contributed by atoms with Gasteiger partial charge >= 0.3 is 0 Å². The van der Waals surface area contributed by atoms with Gasteiger partial charge in [-0.05, 0) is 30.8 Å². The maximum absolute atomic E-state index is 12.1. The molecule has 0 aliphatic heterocycles. The van der Waals surface area contributed by atoms with Crippen LogP contribution in [0.15, 0.2) is 35.4 Å².